The number of sulfonamides is 1. The second-order valence-electron chi connectivity index (χ2n) is 5.68. The van der Waals surface area contributed by atoms with E-state index in [1.807, 2.05) is 20.8 Å². The highest BCUT2D eigenvalue weighted by molar-refractivity contribution is 7.88. The average molecular weight is 294 g/mol. The van der Waals surface area contributed by atoms with Gasteiger partial charge in [-0.3, -0.25) is 0 Å². The Balaban J connectivity index is 2.40. The molecule has 0 amide bonds. The third-order valence-electron chi connectivity index (χ3n) is 2.57. The molecule has 1 aliphatic rings. The van der Waals surface area contributed by atoms with Crippen LogP contribution in [0.25, 0.3) is 0 Å². The molecule has 0 bridgehead atoms. The molecule has 1 heterocycles. The Morgan fingerprint density at radius 1 is 1.37 bits per heavy atom. The molecule has 1 fully saturated rings. The summed E-state index contributed by atoms with van der Waals surface area (Å²) in [6.45, 7) is 6.28. The Hall–Kier alpha value is -1.09. The first-order chi connectivity index (χ1) is 8.58. The van der Waals surface area contributed by atoms with Crippen LogP contribution in [0, 0.1) is 5.21 Å². The van der Waals surface area contributed by atoms with E-state index in [0.29, 0.717) is 30.9 Å². The van der Waals surface area contributed by atoms with Gasteiger partial charge in [0.25, 0.3) is 0 Å². The van der Waals surface area contributed by atoms with Crippen LogP contribution in [0.2, 0.25) is 0 Å². The average Bonchev–Trinajstić information content (AvgIpc) is 2.23. The van der Waals surface area contributed by atoms with Gasteiger partial charge in [0.2, 0.25) is 15.3 Å². The predicted octanol–water partition coefficient (Wildman–Crippen LogP) is 0.608. The number of piperidine rings is 1. The summed E-state index contributed by atoms with van der Waals surface area (Å²) in [4.78, 5) is 5.40. The smallest absolute Gasteiger partial charge is 0.233 e. The van der Waals surface area contributed by atoms with Crippen LogP contribution in [0.1, 0.15) is 33.6 Å². The molecule has 0 saturated carbocycles. The van der Waals surface area contributed by atoms with Gasteiger partial charge in [-0.15, -0.1) is 0 Å². The predicted molar refractivity (Wildman–Crippen MR) is 69.5 cm³/mol. The van der Waals surface area contributed by atoms with Crippen LogP contribution >= 0.6 is 0 Å². The van der Waals surface area contributed by atoms with Crippen molar-refractivity contribution in [1.82, 2.24) is 9.73 Å². The van der Waals surface area contributed by atoms with E-state index in [-0.39, 0.29) is 6.10 Å². The van der Waals surface area contributed by atoms with Crippen molar-refractivity contribution >= 4 is 10.0 Å². The molecule has 1 saturated heterocycles. The van der Waals surface area contributed by atoms with E-state index in [1.165, 1.54) is 10.6 Å². The zero-order valence-electron chi connectivity index (χ0n) is 11.8. The maximum Gasteiger partial charge on any atom is 0.233 e. The molecule has 0 aromatic rings. The number of nitrogens with one attached hydrogen (secondary N) is 1. The van der Waals surface area contributed by atoms with Crippen molar-refractivity contribution in [2.75, 3.05) is 19.3 Å². The molecule has 0 aromatic carbocycles. The Morgan fingerprint density at radius 3 is 2.32 bits per heavy atom. The molecule has 0 atom stereocenters. The van der Waals surface area contributed by atoms with E-state index < -0.39 is 15.6 Å². The van der Waals surface area contributed by atoms with Gasteiger partial charge in [-0.1, -0.05) is 0 Å². The van der Waals surface area contributed by atoms with Crippen LogP contribution in [-0.2, 0) is 14.9 Å². The quantitative estimate of drug-likeness (QED) is 0.465. The molecular weight excluding hydrogens is 272 g/mol. The Bertz CT molecular complexity index is 421. The summed E-state index contributed by atoms with van der Waals surface area (Å²) in [5.41, 5.74) is 2.18. The fourth-order valence-electron chi connectivity index (χ4n) is 1.69. The summed E-state index contributed by atoms with van der Waals surface area (Å²) in [5, 5.41) is 14.8. The molecule has 112 valence electrons. The number of rotatable bonds is 4. The van der Waals surface area contributed by atoms with Crippen molar-refractivity contribution in [3.8, 4) is 0 Å². The zero-order valence-corrected chi connectivity index (χ0v) is 12.6. The molecule has 0 aliphatic carbocycles. The molecule has 1 rings (SSSR count). The molecule has 1 N–H and O–H groups in total. The number of hydrazine groups is 1. The van der Waals surface area contributed by atoms with E-state index in [2.05, 4.69) is 10.7 Å². The van der Waals surface area contributed by atoms with E-state index in [1.54, 1.807) is 0 Å². The van der Waals surface area contributed by atoms with E-state index in [0.717, 1.165) is 0 Å². The van der Waals surface area contributed by atoms with Crippen LogP contribution in [0.4, 0.5) is 0 Å². The van der Waals surface area contributed by atoms with Gasteiger partial charge < -0.3 is 10.0 Å². The van der Waals surface area contributed by atoms with Crippen LogP contribution in [0.3, 0.4) is 0 Å². The number of hydrogen-bond donors (Lipinski definition) is 1. The normalized spacial score (nSPS) is 20.3. The van der Waals surface area contributed by atoms with Crippen molar-refractivity contribution in [2.24, 2.45) is 5.28 Å². The lowest BCUT2D eigenvalue weighted by Crippen LogP contribution is -2.42. The molecule has 19 heavy (non-hydrogen) atoms. The number of nitrogens with zero attached hydrogens (tertiary/aromatic N) is 3. The lowest BCUT2D eigenvalue weighted by molar-refractivity contribution is -0.626. The molecule has 0 radical (unpaired) electrons. The standard InChI is InChI=1S/C10H22N4O4S/c1-10(2,3)11-14(15)12-18-9-5-7-13(8-6-9)19(4,16)17/h9H,5-8H2,1-4H3,(H,11,12). The monoisotopic (exact) mass is 294 g/mol. The third kappa shape index (κ3) is 6.06. The first-order valence-electron chi connectivity index (χ1n) is 6.15. The largest absolute Gasteiger partial charge is 0.569 e. The molecule has 8 nitrogen and oxygen atoms in total. The van der Waals surface area contributed by atoms with Gasteiger partial charge in [0.15, 0.2) is 0 Å². The van der Waals surface area contributed by atoms with E-state index in [4.69, 9.17) is 4.84 Å². The summed E-state index contributed by atoms with van der Waals surface area (Å²) >= 11 is 0. The maximum atomic E-state index is 11.3. The van der Waals surface area contributed by atoms with E-state index >= 15 is 0 Å². The van der Waals surface area contributed by atoms with Crippen molar-refractivity contribution in [3.05, 3.63) is 5.21 Å². The zero-order chi connectivity index (χ0) is 14.7. The van der Waals surface area contributed by atoms with Gasteiger partial charge in [-0.05, 0) is 20.8 Å². The van der Waals surface area contributed by atoms with E-state index in [9.17, 15) is 13.6 Å². The van der Waals surface area contributed by atoms with Gasteiger partial charge in [0.1, 0.15) is 6.10 Å². The van der Waals surface area contributed by atoms with Crippen LogP contribution in [0.15, 0.2) is 5.28 Å². The molecule has 1 aliphatic heterocycles. The topological polar surface area (TPSA) is 97.1 Å². The minimum atomic E-state index is -3.14. The number of hydrogen-bond acceptors (Lipinski definition) is 5. The Labute approximate surface area is 114 Å². The van der Waals surface area contributed by atoms with Crippen molar-refractivity contribution in [3.63, 3.8) is 0 Å². The summed E-state index contributed by atoms with van der Waals surface area (Å²) < 4.78 is 24.0. The molecular formula is C10H22N4O4S. The summed E-state index contributed by atoms with van der Waals surface area (Å²) in [6.07, 6.45) is 2.02. The van der Waals surface area contributed by atoms with Gasteiger partial charge >= 0.3 is 0 Å². The van der Waals surface area contributed by atoms with Crippen molar-refractivity contribution < 1.29 is 18.2 Å². The highest BCUT2D eigenvalue weighted by atomic mass is 32.2. The van der Waals surface area contributed by atoms with Crippen LogP contribution in [0.5, 0.6) is 0 Å². The second kappa shape index (κ2) is 5.91. The van der Waals surface area contributed by atoms with Gasteiger partial charge in [-0.2, -0.15) is 5.43 Å². The fraction of sp³-hybridized carbons (Fsp3) is 1.00. The maximum absolute atomic E-state index is 11.3. The lowest BCUT2D eigenvalue weighted by atomic mass is 10.1. The van der Waals surface area contributed by atoms with Gasteiger partial charge in [0, 0.05) is 25.9 Å². The summed E-state index contributed by atoms with van der Waals surface area (Å²) in [7, 11) is -3.14. The molecule has 0 unspecified atom stereocenters. The minimum absolute atomic E-state index is 0.226. The van der Waals surface area contributed by atoms with Crippen molar-refractivity contribution in [1.29, 1.82) is 0 Å². The van der Waals surface area contributed by atoms with Crippen LogP contribution in [-0.4, -0.2) is 48.7 Å². The lowest BCUT2D eigenvalue weighted by Gasteiger charge is -2.28. The highest BCUT2D eigenvalue weighted by Crippen LogP contribution is 2.16. The first kappa shape index (κ1) is 16.0. The SMILES string of the molecule is CC(C)(C)N/[N+]([O-])=N/OC1CCN(S(C)(=O)=O)CC1. The summed E-state index contributed by atoms with van der Waals surface area (Å²) in [5.74, 6) is 0. The highest BCUT2D eigenvalue weighted by Gasteiger charge is 2.26. The van der Waals surface area contributed by atoms with Crippen molar-refractivity contribution in [2.45, 2.75) is 45.3 Å². The van der Waals surface area contributed by atoms with Gasteiger partial charge in [-0.25, -0.2) is 12.7 Å². The second-order valence-corrected chi connectivity index (χ2v) is 7.67. The summed E-state index contributed by atoms with van der Waals surface area (Å²) in [6, 6.07) is 0. The van der Waals surface area contributed by atoms with Gasteiger partial charge in [0.05, 0.1) is 16.8 Å². The van der Waals surface area contributed by atoms with Crippen LogP contribution < -0.4 is 5.43 Å². The fourth-order valence-corrected chi connectivity index (χ4v) is 2.56. The molecule has 0 spiro atoms. The molecule has 0 aromatic heterocycles. The first-order valence-corrected chi connectivity index (χ1v) is 8.00. The Kier molecular flexibility index (Phi) is 4.97. The third-order valence-corrected chi connectivity index (χ3v) is 3.87. The Morgan fingerprint density at radius 2 is 1.89 bits per heavy atom. The minimum Gasteiger partial charge on any atom is -0.569 e. The molecule has 9 heteroatoms.